The third-order valence-corrected chi connectivity index (χ3v) is 5.96. The van der Waals surface area contributed by atoms with Crippen LogP contribution in [0.4, 0.5) is 11.5 Å². The van der Waals surface area contributed by atoms with Gasteiger partial charge in [0, 0.05) is 30.7 Å². The summed E-state index contributed by atoms with van der Waals surface area (Å²) >= 11 is 0. The topological polar surface area (TPSA) is 111 Å². The van der Waals surface area contributed by atoms with E-state index in [0.29, 0.717) is 30.1 Å². The highest BCUT2D eigenvalue weighted by Gasteiger charge is 2.16. The molecule has 9 heteroatoms. The number of hydrogen-bond donors (Lipinski definition) is 2. The summed E-state index contributed by atoms with van der Waals surface area (Å²) in [6, 6.07) is 13.1. The van der Waals surface area contributed by atoms with E-state index in [4.69, 9.17) is 14.6 Å². The predicted octanol–water partition coefficient (Wildman–Crippen LogP) is 4.35. The zero-order chi connectivity index (χ0) is 24.5. The van der Waals surface area contributed by atoms with Crippen molar-refractivity contribution in [2.45, 2.75) is 19.9 Å². The lowest BCUT2D eigenvalue weighted by atomic mass is 9.98. The van der Waals surface area contributed by atoms with Gasteiger partial charge >= 0.3 is 5.97 Å². The van der Waals surface area contributed by atoms with E-state index < -0.39 is 12.0 Å². The van der Waals surface area contributed by atoms with E-state index in [1.807, 2.05) is 43.4 Å². The van der Waals surface area contributed by atoms with Gasteiger partial charge in [-0.15, -0.1) is 0 Å². The molecule has 1 atom stereocenters. The van der Waals surface area contributed by atoms with Crippen molar-refractivity contribution in [1.82, 2.24) is 14.8 Å². The van der Waals surface area contributed by atoms with Gasteiger partial charge in [0.25, 0.3) is 0 Å². The summed E-state index contributed by atoms with van der Waals surface area (Å²) in [6.45, 7) is 4.69. The number of ether oxygens (including phenoxy) is 2. The van der Waals surface area contributed by atoms with Crippen LogP contribution in [-0.2, 0) is 11.8 Å². The van der Waals surface area contributed by atoms with Gasteiger partial charge in [0.05, 0.1) is 5.52 Å². The average molecular weight is 472 g/mol. The van der Waals surface area contributed by atoms with Crippen molar-refractivity contribution in [1.29, 1.82) is 0 Å². The number of aromatic nitrogens is 3. The zero-order valence-electron chi connectivity index (χ0n) is 19.6. The van der Waals surface area contributed by atoms with E-state index in [2.05, 4.69) is 33.4 Å². The lowest BCUT2D eigenvalue weighted by molar-refractivity contribution is -0.137. The van der Waals surface area contributed by atoms with Crippen molar-refractivity contribution >= 4 is 34.7 Å². The fraction of sp³-hybridized carbons (Fsp3) is 0.231. The van der Waals surface area contributed by atoms with E-state index in [1.54, 1.807) is 10.9 Å². The number of rotatable bonds is 6. The number of aliphatic imine (C=N–C) groups is 1. The first-order valence-electron chi connectivity index (χ1n) is 11.3. The molecule has 0 fully saturated rings. The van der Waals surface area contributed by atoms with Gasteiger partial charge < -0.3 is 19.9 Å². The molecular weight excluding hydrogens is 446 g/mol. The summed E-state index contributed by atoms with van der Waals surface area (Å²) in [4.78, 5) is 19.6. The molecule has 0 aliphatic carbocycles. The molecule has 1 aliphatic heterocycles. The SMILES string of the molecule is Cc1c(Nc2nn(C)c3cc(C=N[C@@H](C)C(=O)O)cnc23)cccc1-c1ccc2c(c1)OCCO2. The molecule has 2 aromatic carbocycles. The van der Waals surface area contributed by atoms with Crippen LogP contribution >= 0.6 is 0 Å². The van der Waals surface area contributed by atoms with Crippen LogP contribution in [0.15, 0.2) is 53.7 Å². The van der Waals surface area contributed by atoms with E-state index in [0.717, 1.165) is 39.4 Å². The Kier molecular flexibility index (Phi) is 5.82. The van der Waals surface area contributed by atoms with Gasteiger partial charge in [-0.3, -0.25) is 9.67 Å². The average Bonchev–Trinajstić information content (AvgIpc) is 3.17. The van der Waals surface area contributed by atoms with Crippen molar-refractivity contribution in [2.24, 2.45) is 12.0 Å². The Balaban J connectivity index is 1.45. The second kappa shape index (κ2) is 9.09. The molecule has 35 heavy (non-hydrogen) atoms. The Bertz CT molecular complexity index is 1460. The molecule has 178 valence electrons. The Labute approximate surface area is 202 Å². The summed E-state index contributed by atoms with van der Waals surface area (Å²) < 4.78 is 13.1. The minimum Gasteiger partial charge on any atom is -0.486 e. The van der Waals surface area contributed by atoms with Crippen molar-refractivity contribution in [3.63, 3.8) is 0 Å². The smallest absolute Gasteiger partial charge is 0.328 e. The molecule has 0 bridgehead atoms. The summed E-state index contributed by atoms with van der Waals surface area (Å²) in [5.41, 5.74) is 6.32. The zero-order valence-corrected chi connectivity index (χ0v) is 19.6. The van der Waals surface area contributed by atoms with Crippen LogP contribution in [0.1, 0.15) is 18.1 Å². The van der Waals surface area contributed by atoms with Crippen molar-refractivity contribution in [3.05, 3.63) is 59.8 Å². The fourth-order valence-corrected chi connectivity index (χ4v) is 3.99. The second-order valence-corrected chi connectivity index (χ2v) is 8.36. The van der Waals surface area contributed by atoms with E-state index in [-0.39, 0.29) is 0 Å². The first-order valence-corrected chi connectivity index (χ1v) is 11.3. The Morgan fingerprint density at radius 2 is 2.00 bits per heavy atom. The lowest BCUT2D eigenvalue weighted by Crippen LogP contribution is -2.15. The molecule has 3 heterocycles. The maximum atomic E-state index is 11.0. The molecule has 0 spiro atoms. The number of hydrogen-bond acceptors (Lipinski definition) is 7. The van der Waals surface area contributed by atoms with Gasteiger partial charge in [0.2, 0.25) is 0 Å². The highest BCUT2D eigenvalue weighted by atomic mass is 16.6. The summed E-state index contributed by atoms with van der Waals surface area (Å²) in [5, 5.41) is 17.1. The molecule has 0 unspecified atom stereocenters. The molecule has 0 amide bonds. The van der Waals surface area contributed by atoms with Crippen LogP contribution in [-0.4, -0.2) is 51.3 Å². The quantitative estimate of drug-likeness (QED) is 0.402. The van der Waals surface area contributed by atoms with Crippen LogP contribution in [0.2, 0.25) is 0 Å². The van der Waals surface area contributed by atoms with Gasteiger partial charge in [-0.05, 0) is 54.8 Å². The molecular formula is C26H25N5O4. The first kappa shape index (κ1) is 22.4. The predicted molar refractivity (Wildman–Crippen MR) is 134 cm³/mol. The molecule has 9 nitrogen and oxygen atoms in total. The monoisotopic (exact) mass is 471 g/mol. The largest absolute Gasteiger partial charge is 0.486 e. The highest BCUT2D eigenvalue weighted by Crippen LogP contribution is 2.37. The first-order chi connectivity index (χ1) is 16.9. The number of aliphatic carboxylic acids is 1. The number of carbonyl (C=O) groups is 1. The number of anilines is 2. The Hall–Kier alpha value is -4.40. The number of pyridine rings is 1. The minimum absolute atomic E-state index is 0.545. The highest BCUT2D eigenvalue weighted by molar-refractivity contribution is 5.93. The van der Waals surface area contributed by atoms with Gasteiger partial charge in [-0.2, -0.15) is 5.10 Å². The van der Waals surface area contributed by atoms with Crippen LogP contribution in [0.5, 0.6) is 11.5 Å². The van der Waals surface area contributed by atoms with Crippen molar-refractivity contribution in [2.75, 3.05) is 18.5 Å². The van der Waals surface area contributed by atoms with Crippen molar-refractivity contribution < 1.29 is 19.4 Å². The number of nitrogens with zero attached hydrogens (tertiary/aromatic N) is 4. The summed E-state index contributed by atoms with van der Waals surface area (Å²) in [6.07, 6.45) is 3.18. The molecule has 2 N–H and O–H groups in total. The molecule has 0 saturated carbocycles. The summed E-state index contributed by atoms with van der Waals surface area (Å²) in [7, 11) is 1.84. The fourth-order valence-electron chi connectivity index (χ4n) is 3.99. The maximum absolute atomic E-state index is 11.0. The lowest BCUT2D eigenvalue weighted by Gasteiger charge is -2.19. The number of carboxylic acids is 1. The standard InChI is InChI=1S/C26H25N5O4/c1-15-19(18-7-8-22-23(12-18)35-10-9-34-22)5-4-6-20(15)29-25-24-21(31(3)30-25)11-17(14-28-24)13-27-16(2)26(32)33/h4-8,11-14,16H,9-10H2,1-3H3,(H,29,30)(H,32,33)/t16-/m0/s1. The molecule has 0 saturated heterocycles. The molecule has 4 aromatic rings. The molecule has 2 aromatic heterocycles. The third kappa shape index (κ3) is 4.40. The number of fused-ring (bicyclic) bond motifs is 2. The molecule has 1 aliphatic rings. The second-order valence-electron chi connectivity index (χ2n) is 8.36. The molecule has 5 rings (SSSR count). The number of carboxylic acid groups (broad SMARTS) is 1. The summed E-state index contributed by atoms with van der Waals surface area (Å²) in [5.74, 6) is 1.17. The van der Waals surface area contributed by atoms with E-state index in [1.165, 1.54) is 13.1 Å². The number of aryl methyl sites for hydroxylation is 1. The minimum atomic E-state index is -0.976. The number of benzene rings is 2. The maximum Gasteiger partial charge on any atom is 0.328 e. The van der Waals surface area contributed by atoms with Crippen molar-refractivity contribution in [3.8, 4) is 22.6 Å². The van der Waals surface area contributed by atoms with Crippen LogP contribution in [0, 0.1) is 6.92 Å². The van der Waals surface area contributed by atoms with E-state index >= 15 is 0 Å². The van der Waals surface area contributed by atoms with Crippen LogP contribution < -0.4 is 14.8 Å². The van der Waals surface area contributed by atoms with Gasteiger partial charge in [-0.25, -0.2) is 9.78 Å². The normalized spacial score (nSPS) is 13.8. The Morgan fingerprint density at radius 3 is 2.80 bits per heavy atom. The molecule has 0 radical (unpaired) electrons. The Morgan fingerprint density at radius 1 is 1.20 bits per heavy atom. The van der Waals surface area contributed by atoms with Crippen LogP contribution in [0.25, 0.3) is 22.2 Å². The third-order valence-electron chi connectivity index (χ3n) is 5.96. The van der Waals surface area contributed by atoms with Gasteiger partial charge in [0.1, 0.15) is 24.8 Å². The number of nitrogens with one attached hydrogen (secondary N) is 1. The van der Waals surface area contributed by atoms with Gasteiger partial charge in [0.15, 0.2) is 17.3 Å². The van der Waals surface area contributed by atoms with Crippen LogP contribution in [0.3, 0.4) is 0 Å². The van der Waals surface area contributed by atoms with Gasteiger partial charge in [-0.1, -0.05) is 18.2 Å². The van der Waals surface area contributed by atoms with E-state index in [9.17, 15) is 4.79 Å².